The molecule has 9 amide bonds. The molecule has 0 aliphatic carbocycles. The lowest BCUT2D eigenvalue weighted by molar-refractivity contribution is -0.321. The summed E-state index contributed by atoms with van der Waals surface area (Å²) in [6, 6.07) is -8.46. The molecule has 2 saturated heterocycles. The van der Waals surface area contributed by atoms with Crippen LogP contribution < -0.4 is 10.6 Å². The van der Waals surface area contributed by atoms with Gasteiger partial charge < -0.3 is 49.5 Å². The third-order valence-corrected chi connectivity index (χ3v) is 18.6. The number of amides is 9. The molecule has 2 aliphatic heterocycles. The zero-order chi connectivity index (χ0) is 72.6. The molecule has 0 radical (unpaired) electrons. The van der Waals surface area contributed by atoms with Gasteiger partial charge in [0.1, 0.15) is 42.4 Å². The van der Waals surface area contributed by atoms with Crippen molar-refractivity contribution in [2.75, 3.05) is 88.8 Å². The van der Waals surface area contributed by atoms with Crippen LogP contribution >= 0.6 is 0 Å². The predicted octanol–water partition coefficient (Wildman–Crippen LogP) is 6.27. The van der Waals surface area contributed by atoms with Gasteiger partial charge in [0.25, 0.3) is 5.91 Å². The first-order chi connectivity index (χ1) is 44.3. The van der Waals surface area contributed by atoms with Gasteiger partial charge in [-0.15, -0.1) is 0 Å². The number of morpholine rings is 1. The summed E-state index contributed by atoms with van der Waals surface area (Å²) in [6.45, 7) is 35.3. The number of nitrogens with zero attached hydrogens (tertiary/aromatic N) is 8. The zero-order valence-electron chi connectivity index (χ0n) is 62.7. The van der Waals surface area contributed by atoms with E-state index in [0.29, 0.717) is 32.7 Å². The molecule has 24 heteroatoms. The molecule has 95 heavy (non-hydrogen) atoms. The number of Topliss-reactive ketones (excluding diaryl/α,β-unsaturated/α-hetero) is 2. The highest BCUT2D eigenvalue weighted by molar-refractivity contribution is 5.99. The Morgan fingerprint density at radius 2 is 1.12 bits per heavy atom. The summed E-state index contributed by atoms with van der Waals surface area (Å²) in [5, 5.41) is 6.62. The molecule has 2 fully saturated rings. The Morgan fingerprint density at radius 1 is 0.589 bits per heavy atom. The quantitative estimate of drug-likeness (QED) is 0.0505. The Morgan fingerprint density at radius 3 is 1.61 bits per heavy atom. The molecule has 13 atom stereocenters. The van der Waals surface area contributed by atoms with E-state index in [2.05, 4.69) is 15.5 Å². The number of carbonyl (C=O) groups is 11. The van der Waals surface area contributed by atoms with Crippen molar-refractivity contribution in [3.63, 3.8) is 0 Å². The number of hydrogen-bond donors (Lipinski definition) is 2. The molecule has 0 unspecified atom stereocenters. The summed E-state index contributed by atoms with van der Waals surface area (Å²) in [4.78, 5) is 174. The van der Waals surface area contributed by atoms with Crippen molar-refractivity contribution in [3.8, 4) is 0 Å². The minimum Gasteiger partial charge on any atom is -0.379 e. The van der Waals surface area contributed by atoms with Crippen LogP contribution in [0.15, 0.2) is 12.2 Å². The number of unbranched alkanes of at least 4 members (excludes halogenated alkanes) is 1. The number of rotatable bonds is 41. The molecule has 2 N–H and O–H groups in total. The van der Waals surface area contributed by atoms with E-state index in [4.69, 9.17) is 14.3 Å². The highest BCUT2D eigenvalue weighted by atomic mass is 16.7. The number of carbonyl (C=O) groups excluding carboxylic acids is 11. The molecule has 0 saturated carbocycles. The van der Waals surface area contributed by atoms with Crippen molar-refractivity contribution in [2.45, 2.75) is 242 Å². The first-order valence-electron chi connectivity index (χ1n) is 35.0. The number of ether oxygens (including phenoxy) is 2. The lowest BCUT2D eigenvalue weighted by Gasteiger charge is -2.50. The molecule has 2 heterocycles. The second-order valence-electron chi connectivity index (χ2n) is 28.9. The maximum Gasteiger partial charge on any atom is 0.270 e. The van der Waals surface area contributed by atoms with Crippen LogP contribution in [-0.2, 0) is 67.1 Å². The van der Waals surface area contributed by atoms with Gasteiger partial charge in [-0.1, -0.05) is 109 Å². The van der Waals surface area contributed by atoms with E-state index in [0.717, 1.165) is 37.5 Å². The Kier molecular flexibility index (Phi) is 36.6. The fourth-order valence-electron chi connectivity index (χ4n) is 12.6. The SMILES string of the molecule is C/C=C/C[C@@H](C)[C@H]1ON(C(=O)[C@H](C(C)C)N(C)C(=O)[C@H](CC(C)C)N(C)C(=O)[C@H](CC(C)C)N(C)C(=O)[C@@H](C)NC(=O)[C@H](C)CC(=O)[C@H](CC(C)C)N(C)C(=O)[C@@H](CC(=O)[C@H]([C@@H](C)OCCCCN2CCOCC2)N(C)C(=O)CC)C(C)C)[C@@H]1C(=O)N[C@@H](CC)C(=O)N(C)C. The molecule has 24 nitrogen and oxygen atoms in total. The zero-order valence-corrected chi connectivity index (χ0v) is 62.7. The molecule has 0 bridgehead atoms. The average Bonchev–Trinajstić information content (AvgIpc) is 0.755. The first kappa shape index (κ1) is 85.2. The van der Waals surface area contributed by atoms with Crippen molar-refractivity contribution < 1.29 is 67.1 Å². The average molecular weight is 1340 g/mol. The van der Waals surface area contributed by atoms with Gasteiger partial charge in [-0.3, -0.25) is 62.5 Å². The summed E-state index contributed by atoms with van der Waals surface area (Å²) >= 11 is 0. The second kappa shape index (κ2) is 40.8. The summed E-state index contributed by atoms with van der Waals surface area (Å²) in [6.07, 6.45) is 5.27. The number of likely N-dealkylation sites (N-methyl/N-ethyl adjacent to an activating group) is 6. The van der Waals surface area contributed by atoms with Gasteiger partial charge in [-0.2, -0.15) is 0 Å². The minimum atomic E-state index is -1.18. The van der Waals surface area contributed by atoms with Gasteiger partial charge in [-0.05, 0) is 108 Å². The Hall–Kier alpha value is -5.85. The monoisotopic (exact) mass is 1340 g/mol. The first-order valence-corrected chi connectivity index (χ1v) is 35.0. The lowest BCUT2D eigenvalue weighted by atomic mass is 9.85. The molecular weight excluding hydrogens is 1220 g/mol. The largest absolute Gasteiger partial charge is 0.379 e. The number of hydrogen-bond acceptors (Lipinski definition) is 15. The maximum atomic E-state index is 15.1. The smallest absolute Gasteiger partial charge is 0.270 e. The van der Waals surface area contributed by atoms with Crippen LogP contribution in [0.3, 0.4) is 0 Å². The third-order valence-electron chi connectivity index (χ3n) is 18.6. The molecule has 0 aromatic rings. The van der Waals surface area contributed by atoms with Crippen LogP contribution in [0.1, 0.15) is 182 Å². The highest BCUT2D eigenvalue weighted by Gasteiger charge is 2.54. The van der Waals surface area contributed by atoms with Crippen molar-refractivity contribution in [1.82, 2.24) is 50.0 Å². The fourth-order valence-corrected chi connectivity index (χ4v) is 12.6. The van der Waals surface area contributed by atoms with Gasteiger partial charge in [0, 0.05) is 100 Å². The van der Waals surface area contributed by atoms with Gasteiger partial charge in [-0.25, -0.2) is 5.06 Å². The molecule has 544 valence electrons. The van der Waals surface area contributed by atoms with Crippen LogP contribution in [-0.4, -0.2) is 253 Å². The van der Waals surface area contributed by atoms with Crippen LogP contribution in [0.2, 0.25) is 0 Å². The van der Waals surface area contributed by atoms with Crippen molar-refractivity contribution >= 4 is 64.7 Å². The standard InChI is InChI=1S/C71H126N10O14/c1-25-28-31-48(14)63-62(65(86)73-53(26-2)68(89)74(18)19)81(95-63)71(92)60(47(12)13)79(24)70(91)56(40-45(8)9)77(22)69(90)55(39-44(6)7)76(21)66(87)50(16)72-64(85)49(15)41-57(82)54(38-43(4)5)75(20)67(88)52(46(10)11)42-58(83)61(78(23)59(84)27-3)51(17)94-35-30-29-32-80-33-36-93-37-34-80/h25,28,43-56,60-63H,26-27,29-42H2,1-24H3,(H,72,85)(H,73,86)/b28-25+/t48-,49-,50-,51-,52+,53+,54+,55+,56+,60+,61+,62+,63-/m1/s1. The molecule has 0 aromatic carbocycles. The highest BCUT2D eigenvalue weighted by Crippen LogP contribution is 2.34. The van der Waals surface area contributed by atoms with Gasteiger partial charge in [0.15, 0.2) is 17.6 Å². The van der Waals surface area contributed by atoms with Crippen molar-refractivity contribution in [2.24, 2.45) is 47.3 Å². The van der Waals surface area contributed by atoms with E-state index >= 15 is 9.59 Å². The summed E-state index contributed by atoms with van der Waals surface area (Å²) in [5.74, 6) is -8.39. The van der Waals surface area contributed by atoms with E-state index in [1.165, 1.54) is 57.5 Å². The van der Waals surface area contributed by atoms with Crippen molar-refractivity contribution in [1.29, 1.82) is 0 Å². The number of nitrogens with one attached hydrogen (secondary N) is 2. The normalized spacial score (nSPS) is 18.8. The summed E-state index contributed by atoms with van der Waals surface area (Å²) in [5.41, 5.74) is 0. The van der Waals surface area contributed by atoms with Crippen LogP contribution in [0.5, 0.6) is 0 Å². The molecule has 2 aliphatic rings. The Balaban J connectivity index is 2.37. The number of allylic oxidation sites excluding steroid dienone is 2. The van der Waals surface area contributed by atoms with E-state index in [1.807, 2.05) is 81.4 Å². The molecule has 2 rings (SSSR count). The van der Waals surface area contributed by atoms with Gasteiger partial charge >= 0.3 is 0 Å². The predicted molar refractivity (Wildman–Crippen MR) is 368 cm³/mol. The lowest BCUT2D eigenvalue weighted by Crippen LogP contribution is -2.71. The fraction of sp³-hybridized carbons (Fsp3) is 0.817. The van der Waals surface area contributed by atoms with Crippen molar-refractivity contribution in [3.05, 3.63) is 12.2 Å². The Labute approximate surface area is 570 Å². The van der Waals surface area contributed by atoms with E-state index in [9.17, 15) is 43.2 Å². The minimum absolute atomic E-state index is 0.0560. The van der Waals surface area contributed by atoms with Gasteiger partial charge in [0.2, 0.25) is 47.3 Å². The molecule has 0 spiro atoms. The van der Waals surface area contributed by atoms with Crippen LogP contribution in [0, 0.1) is 47.3 Å². The summed E-state index contributed by atoms with van der Waals surface area (Å²) in [7, 11) is 10.8. The maximum absolute atomic E-state index is 15.1. The second-order valence-corrected chi connectivity index (χ2v) is 28.9. The van der Waals surface area contributed by atoms with Crippen LogP contribution in [0.4, 0.5) is 0 Å². The van der Waals surface area contributed by atoms with E-state index < -0.39 is 120 Å². The number of ketones is 2. The summed E-state index contributed by atoms with van der Waals surface area (Å²) < 4.78 is 11.7. The third kappa shape index (κ3) is 24.9. The number of hydroxylamine groups is 2. The molecule has 0 aromatic heterocycles. The van der Waals surface area contributed by atoms with Gasteiger partial charge in [0.05, 0.1) is 25.4 Å². The Bertz CT molecular complexity index is 2550. The van der Waals surface area contributed by atoms with Crippen LogP contribution in [0.25, 0.3) is 0 Å². The molecular formula is C71H126N10O14. The topological polar surface area (TPSA) is 265 Å². The van der Waals surface area contributed by atoms with E-state index in [-0.39, 0.29) is 91.5 Å². The van der Waals surface area contributed by atoms with E-state index in [1.54, 1.807) is 69.7 Å².